The Labute approximate surface area is 192 Å². The average molecular weight is 435 g/mol. The summed E-state index contributed by atoms with van der Waals surface area (Å²) >= 11 is 0. The molecule has 2 fully saturated rings. The van der Waals surface area contributed by atoms with Gasteiger partial charge in [-0.1, -0.05) is 43.7 Å². The first-order valence-electron chi connectivity index (χ1n) is 12.8. The Hall–Kier alpha value is -1.71. The van der Waals surface area contributed by atoms with Gasteiger partial charge in [-0.3, -0.25) is 4.79 Å². The molecule has 0 heterocycles. The van der Waals surface area contributed by atoms with Crippen molar-refractivity contribution in [1.82, 2.24) is 0 Å². The second-order valence-corrected chi connectivity index (χ2v) is 11.0. The Morgan fingerprint density at radius 3 is 2.59 bits per heavy atom. The number of hydrogen-bond acceptors (Lipinski definition) is 3. The fraction of sp³-hybridized carbons (Fsp3) is 0.621. The highest BCUT2D eigenvalue weighted by Gasteiger charge is 2.62. The summed E-state index contributed by atoms with van der Waals surface area (Å²) in [4.78, 5) is 12.2. The molecule has 0 amide bonds. The second kappa shape index (κ2) is 8.25. The number of aliphatic hydroxyl groups excluding tert-OH is 1. The lowest BCUT2D eigenvalue weighted by molar-refractivity contribution is -0.114. The zero-order valence-corrected chi connectivity index (χ0v) is 19.7. The van der Waals surface area contributed by atoms with E-state index < -0.39 is 5.60 Å². The lowest BCUT2D eigenvalue weighted by Gasteiger charge is -2.55. The third-order valence-corrected chi connectivity index (χ3v) is 9.60. The lowest BCUT2D eigenvalue weighted by atomic mass is 9.51. The van der Waals surface area contributed by atoms with Crippen LogP contribution in [0.3, 0.4) is 0 Å². The predicted molar refractivity (Wildman–Crippen MR) is 127 cm³/mol. The van der Waals surface area contributed by atoms with Crippen LogP contribution in [0, 0.1) is 17.3 Å². The molecule has 2 N–H and O–H groups in total. The molecule has 5 rings (SSSR count). The maximum absolute atomic E-state index is 12.2. The summed E-state index contributed by atoms with van der Waals surface area (Å²) in [5.41, 5.74) is 6.24. The number of aliphatic hydroxyl groups is 2. The molecule has 1 aromatic carbocycles. The van der Waals surface area contributed by atoms with Crippen molar-refractivity contribution in [3.05, 3.63) is 58.2 Å². The van der Waals surface area contributed by atoms with Gasteiger partial charge in [-0.15, -0.1) is 0 Å². The Kier molecular flexibility index (Phi) is 5.70. The van der Waals surface area contributed by atoms with Crippen molar-refractivity contribution in [3.63, 3.8) is 0 Å². The van der Waals surface area contributed by atoms with Gasteiger partial charge in [0.1, 0.15) is 0 Å². The van der Waals surface area contributed by atoms with E-state index in [1.807, 2.05) is 6.08 Å². The molecule has 5 atom stereocenters. The molecule has 0 bridgehead atoms. The van der Waals surface area contributed by atoms with Crippen LogP contribution in [0.5, 0.6) is 0 Å². The number of allylic oxidation sites excluding steroid dienone is 4. The summed E-state index contributed by atoms with van der Waals surface area (Å²) in [5, 5.41) is 21.4. The number of aryl methyl sites for hydroxylation is 1. The number of carbonyl (C=O) groups is 1. The molecular formula is C29H38O3. The van der Waals surface area contributed by atoms with E-state index in [-0.39, 0.29) is 17.8 Å². The fourth-order valence-corrected chi connectivity index (χ4v) is 7.82. The highest BCUT2D eigenvalue weighted by Crippen LogP contribution is 2.67. The molecule has 3 nitrogen and oxygen atoms in total. The molecule has 0 radical (unpaired) electrons. The third-order valence-electron chi connectivity index (χ3n) is 9.60. The van der Waals surface area contributed by atoms with Gasteiger partial charge in [0, 0.05) is 24.4 Å². The molecule has 172 valence electrons. The highest BCUT2D eigenvalue weighted by atomic mass is 16.3. The van der Waals surface area contributed by atoms with Gasteiger partial charge in [-0.05, 0) is 98.0 Å². The molecule has 4 aliphatic carbocycles. The predicted octanol–water partition coefficient (Wildman–Crippen LogP) is 5.65. The number of carbonyl (C=O) groups excluding carboxylic acids is 1. The summed E-state index contributed by atoms with van der Waals surface area (Å²) < 4.78 is 0. The summed E-state index contributed by atoms with van der Waals surface area (Å²) in [5.74, 6) is 1.57. The van der Waals surface area contributed by atoms with Gasteiger partial charge in [0.25, 0.3) is 0 Å². The molecule has 3 heteroatoms. The van der Waals surface area contributed by atoms with E-state index >= 15 is 0 Å². The maximum atomic E-state index is 12.2. The van der Waals surface area contributed by atoms with Crippen LogP contribution in [0.25, 0.3) is 0 Å². The average Bonchev–Trinajstić information content (AvgIpc) is 3.07. The van der Waals surface area contributed by atoms with Crippen molar-refractivity contribution in [2.75, 3.05) is 6.61 Å². The molecule has 0 saturated heterocycles. The maximum Gasteiger partial charge on any atom is 0.156 e. The Morgan fingerprint density at radius 1 is 1.09 bits per heavy atom. The van der Waals surface area contributed by atoms with Crippen molar-refractivity contribution in [1.29, 1.82) is 0 Å². The monoisotopic (exact) mass is 434 g/mol. The van der Waals surface area contributed by atoms with E-state index in [0.717, 1.165) is 44.9 Å². The normalized spacial score (nSPS) is 36.4. The number of benzene rings is 1. The van der Waals surface area contributed by atoms with Crippen LogP contribution < -0.4 is 0 Å². The Morgan fingerprint density at radius 2 is 1.88 bits per heavy atom. The molecule has 0 spiro atoms. The summed E-state index contributed by atoms with van der Waals surface area (Å²) in [6, 6.07) is 9.15. The number of fused-ring (bicyclic) bond motifs is 4. The molecule has 4 aliphatic rings. The van der Waals surface area contributed by atoms with Crippen molar-refractivity contribution in [3.8, 4) is 0 Å². The topological polar surface area (TPSA) is 57.5 Å². The van der Waals surface area contributed by atoms with E-state index in [4.69, 9.17) is 0 Å². The zero-order valence-electron chi connectivity index (χ0n) is 19.7. The van der Waals surface area contributed by atoms with Crippen LogP contribution in [-0.4, -0.2) is 28.2 Å². The van der Waals surface area contributed by atoms with Crippen molar-refractivity contribution >= 4 is 5.78 Å². The molecule has 32 heavy (non-hydrogen) atoms. The molecule has 0 unspecified atom stereocenters. The highest BCUT2D eigenvalue weighted by molar-refractivity contribution is 5.93. The lowest BCUT2D eigenvalue weighted by Crippen LogP contribution is -2.51. The largest absolute Gasteiger partial charge is 0.396 e. The Bertz CT molecular complexity index is 955. The van der Waals surface area contributed by atoms with Gasteiger partial charge >= 0.3 is 0 Å². The van der Waals surface area contributed by atoms with Crippen molar-refractivity contribution in [2.24, 2.45) is 17.3 Å². The zero-order chi connectivity index (χ0) is 22.5. The smallest absolute Gasteiger partial charge is 0.156 e. The second-order valence-electron chi connectivity index (χ2n) is 11.0. The van der Waals surface area contributed by atoms with Crippen LogP contribution in [0.4, 0.5) is 0 Å². The number of hydrogen-bond donors (Lipinski definition) is 2. The van der Waals surface area contributed by atoms with Crippen LogP contribution in [-0.2, 0) is 11.2 Å². The van der Waals surface area contributed by atoms with E-state index in [0.29, 0.717) is 37.0 Å². The van der Waals surface area contributed by atoms with Crippen LogP contribution in [0.2, 0.25) is 0 Å². The molecular weight excluding hydrogens is 396 g/mol. The van der Waals surface area contributed by atoms with Crippen molar-refractivity contribution in [2.45, 2.75) is 89.6 Å². The first-order valence-corrected chi connectivity index (χ1v) is 12.8. The molecule has 1 aromatic rings. The van der Waals surface area contributed by atoms with E-state index in [9.17, 15) is 15.0 Å². The minimum absolute atomic E-state index is 0.142. The van der Waals surface area contributed by atoms with Crippen molar-refractivity contribution < 1.29 is 15.0 Å². The minimum Gasteiger partial charge on any atom is -0.396 e. The quantitative estimate of drug-likeness (QED) is 0.629. The summed E-state index contributed by atoms with van der Waals surface area (Å²) in [6.07, 6.45) is 10.8. The van der Waals surface area contributed by atoms with Gasteiger partial charge in [-0.25, -0.2) is 0 Å². The number of rotatable bonds is 5. The standard InChI is InChI=1S/C29H38O3/c1-3-19-5-7-20(8-6-19)25-18-28(2)26(13-15-29(28,32)14-4-16-30)24-11-9-21-17-22(31)10-12-23(21)27(24)25/h5-8,17,24-26,30,32H,3-4,9-16,18H2,1-2H3/t24-,25+,26-,28+,29-/m0/s1. The fourth-order valence-electron chi connectivity index (χ4n) is 7.82. The SMILES string of the molecule is CCc1ccc([C@H]2C[C@]3(C)[C@@H](CC[C@@]3(O)CCCO)[C@@H]3CCC4=CC(=O)CCC4=C32)cc1. The molecule has 0 aromatic heterocycles. The number of ketones is 1. The summed E-state index contributed by atoms with van der Waals surface area (Å²) in [6.45, 7) is 4.68. The van der Waals surface area contributed by atoms with E-state index in [2.05, 4.69) is 38.1 Å². The Balaban J connectivity index is 1.63. The minimum atomic E-state index is -0.698. The van der Waals surface area contributed by atoms with Gasteiger partial charge < -0.3 is 10.2 Å². The van der Waals surface area contributed by atoms with Crippen LogP contribution >= 0.6 is 0 Å². The van der Waals surface area contributed by atoms with Gasteiger partial charge in [0.15, 0.2) is 5.78 Å². The first kappa shape index (κ1) is 22.1. The summed E-state index contributed by atoms with van der Waals surface area (Å²) in [7, 11) is 0. The molecule has 2 saturated carbocycles. The molecule has 0 aliphatic heterocycles. The third kappa shape index (κ3) is 3.35. The van der Waals surface area contributed by atoms with Gasteiger partial charge in [-0.2, -0.15) is 0 Å². The van der Waals surface area contributed by atoms with Gasteiger partial charge in [0.2, 0.25) is 0 Å². The first-order chi connectivity index (χ1) is 15.4. The van der Waals surface area contributed by atoms with Crippen LogP contribution in [0.15, 0.2) is 47.1 Å². The van der Waals surface area contributed by atoms with E-state index in [1.165, 1.54) is 22.3 Å². The van der Waals surface area contributed by atoms with Gasteiger partial charge in [0.05, 0.1) is 5.60 Å². The van der Waals surface area contributed by atoms with E-state index in [1.54, 1.807) is 5.57 Å². The van der Waals surface area contributed by atoms with Crippen LogP contribution in [0.1, 0.15) is 88.7 Å².